The molecule has 0 saturated heterocycles. The smallest absolute Gasteiger partial charge is 0.331 e. The highest BCUT2D eigenvalue weighted by Crippen LogP contribution is 2.36. The fourth-order valence-corrected chi connectivity index (χ4v) is 3.71. The minimum absolute atomic E-state index is 0.135. The predicted octanol–water partition coefficient (Wildman–Crippen LogP) is 3.42. The maximum atomic E-state index is 12.6. The van der Waals surface area contributed by atoms with Gasteiger partial charge in [-0.25, -0.2) is 4.79 Å². The topological polar surface area (TPSA) is 91.8 Å². The number of nitrogens with one attached hydrogen (secondary N) is 1. The van der Waals surface area contributed by atoms with E-state index in [4.69, 9.17) is 18.9 Å². The lowest BCUT2D eigenvalue weighted by Gasteiger charge is -2.22. The highest BCUT2D eigenvalue weighted by atomic mass is 16.6. The summed E-state index contributed by atoms with van der Waals surface area (Å²) in [7, 11) is 0. The van der Waals surface area contributed by atoms with Gasteiger partial charge in [-0.3, -0.25) is 14.3 Å². The van der Waals surface area contributed by atoms with Crippen LogP contribution in [0.2, 0.25) is 0 Å². The Morgan fingerprint density at radius 3 is 2.24 bits per heavy atom. The van der Waals surface area contributed by atoms with Crippen molar-refractivity contribution < 1.29 is 18.9 Å². The summed E-state index contributed by atoms with van der Waals surface area (Å²) < 4.78 is 25.6. The first-order valence-electron chi connectivity index (χ1n) is 11.2. The third-order valence-electron chi connectivity index (χ3n) is 5.40. The summed E-state index contributed by atoms with van der Waals surface area (Å²) in [6.45, 7) is 4.69. The van der Waals surface area contributed by atoms with Gasteiger partial charge in [0.2, 0.25) is 6.23 Å². The number of hydrogen-bond acceptors (Lipinski definition) is 6. The van der Waals surface area contributed by atoms with Crippen LogP contribution in [0.1, 0.15) is 29.8 Å². The molecule has 1 N–H and O–H groups in total. The summed E-state index contributed by atoms with van der Waals surface area (Å²) in [5.41, 5.74) is 1.37. The van der Waals surface area contributed by atoms with E-state index < -0.39 is 23.6 Å². The van der Waals surface area contributed by atoms with Crippen molar-refractivity contribution in [3.8, 4) is 0 Å². The van der Waals surface area contributed by atoms with Gasteiger partial charge in [-0.1, -0.05) is 60.7 Å². The molecule has 34 heavy (non-hydrogen) atoms. The number of aryl methyl sites for hydroxylation is 1. The zero-order valence-electron chi connectivity index (χ0n) is 19.2. The lowest BCUT2D eigenvalue weighted by atomic mass is 10.2. The number of H-pyrrole nitrogens is 1. The Balaban J connectivity index is 1.61. The molecular formula is C26H28N2O6. The van der Waals surface area contributed by atoms with Crippen LogP contribution >= 0.6 is 0 Å². The summed E-state index contributed by atoms with van der Waals surface area (Å²) >= 11 is 0. The van der Waals surface area contributed by atoms with E-state index in [1.54, 1.807) is 6.92 Å². The third-order valence-corrected chi connectivity index (χ3v) is 5.40. The van der Waals surface area contributed by atoms with Gasteiger partial charge in [-0.05, 0) is 25.0 Å². The van der Waals surface area contributed by atoms with Crippen LogP contribution in [0.5, 0.6) is 0 Å². The molecule has 8 nitrogen and oxygen atoms in total. The average molecular weight is 465 g/mol. The monoisotopic (exact) mass is 464 g/mol. The van der Waals surface area contributed by atoms with Gasteiger partial charge < -0.3 is 18.9 Å². The molecule has 3 aromatic rings. The summed E-state index contributed by atoms with van der Waals surface area (Å²) in [5, 5.41) is 0. The zero-order chi connectivity index (χ0) is 23.9. The zero-order valence-corrected chi connectivity index (χ0v) is 19.2. The molecule has 0 amide bonds. The molecule has 1 aromatic heterocycles. The van der Waals surface area contributed by atoms with Crippen molar-refractivity contribution in [1.29, 1.82) is 0 Å². The number of rotatable bonds is 10. The minimum Gasteiger partial charge on any atom is -0.487 e. The van der Waals surface area contributed by atoms with Crippen molar-refractivity contribution in [2.45, 2.75) is 39.4 Å². The van der Waals surface area contributed by atoms with E-state index in [1.165, 1.54) is 10.8 Å². The quantitative estimate of drug-likeness (QED) is 0.494. The maximum absolute atomic E-state index is 12.6. The molecule has 0 saturated carbocycles. The number of hydrogen-bond donors (Lipinski definition) is 1. The van der Waals surface area contributed by atoms with Crippen LogP contribution < -0.4 is 11.2 Å². The van der Waals surface area contributed by atoms with Gasteiger partial charge in [0.15, 0.2) is 17.6 Å². The number of ether oxygens (including phenoxy) is 4. The number of aromatic amines is 1. The molecule has 0 aliphatic carbocycles. The Kier molecular flexibility index (Phi) is 7.61. The molecule has 1 aliphatic heterocycles. The van der Waals surface area contributed by atoms with Gasteiger partial charge in [0.05, 0.1) is 6.61 Å². The van der Waals surface area contributed by atoms with Gasteiger partial charge in [0, 0.05) is 18.4 Å². The van der Waals surface area contributed by atoms with Crippen LogP contribution in [-0.4, -0.2) is 28.9 Å². The Morgan fingerprint density at radius 1 is 0.941 bits per heavy atom. The van der Waals surface area contributed by atoms with Crippen LogP contribution in [0.25, 0.3) is 0 Å². The van der Waals surface area contributed by atoms with Crippen LogP contribution in [0.3, 0.4) is 0 Å². The van der Waals surface area contributed by atoms with Crippen molar-refractivity contribution in [2.24, 2.45) is 0 Å². The van der Waals surface area contributed by atoms with E-state index in [0.717, 1.165) is 11.1 Å². The Morgan fingerprint density at radius 2 is 1.59 bits per heavy atom. The van der Waals surface area contributed by atoms with E-state index in [2.05, 4.69) is 4.98 Å². The molecule has 2 atom stereocenters. The van der Waals surface area contributed by atoms with Gasteiger partial charge >= 0.3 is 5.69 Å². The van der Waals surface area contributed by atoms with Gasteiger partial charge in [-0.15, -0.1) is 0 Å². The first-order valence-corrected chi connectivity index (χ1v) is 11.2. The molecule has 0 spiro atoms. The second kappa shape index (κ2) is 11.0. The van der Waals surface area contributed by atoms with E-state index in [-0.39, 0.29) is 6.61 Å². The molecule has 2 aromatic carbocycles. The van der Waals surface area contributed by atoms with Gasteiger partial charge in [0.25, 0.3) is 5.56 Å². The van der Waals surface area contributed by atoms with Gasteiger partial charge in [0.1, 0.15) is 13.2 Å². The highest BCUT2D eigenvalue weighted by Gasteiger charge is 2.41. The minimum atomic E-state index is -0.843. The van der Waals surface area contributed by atoms with E-state index in [0.29, 0.717) is 36.9 Å². The van der Waals surface area contributed by atoms with Crippen LogP contribution in [0.15, 0.2) is 88.0 Å². The highest BCUT2D eigenvalue weighted by molar-refractivity contribution is 5.19. The van der Waals surface area contributed by atoms with Gasteiger partial charge in [-0.2, -0.15) is 0 Å². The fraction of sp³-hybridized carbons (Fsp3) is 0.308. The van der Waals surface area contributed by atoms with E-state index >= 15 is 0 Å². The lowest BCUT2D eigenvalue weighted by Crippen LogP contribution is -2.38. The molecule has 0 fully saturated rings. The molecule has 178 valence electrons. The largest absolute Gasteiger partial charge is 0.487 e. The second-order valence-corrected chi connectivity index (χ2v) is 7.90. The molecule has 1 aliphatic rings. The van der Waals surface area contributed by atoms with Crippen LogP contribution in [0, 0.1) is 6.92 Å². The Labute approximate surface area is 197 Å². The standard InChI is InChI=1S/C26H28N2O6/c1-3-32-23-22(33-16-20-12-8-5-9-13-20)21(17-31-15-19-10-6-4-7-11-19)34-25(23)28-14-18(2)24(29)27-26(28)30/h4-14,23,25H,3,15-17H2,1-2H3,(H,27,29,30)/t23-,25?/m0/s1. The van der Waals surface area contributed by atoms with Crippen molar-refractivity contribution in [3.63, 3.8) is 0 Å². The number of benzene rings is 2. The molecule has 2 heterocycles. The predicted molar refractivity (Wildman–Crippen MR) is 126 cm³/mol. The molecule has 4 rings (SSSR count). The first kappa shape index (κ1) is 23.5. The summed E-state index contributed by atoms with van der Waals surface area (Å²) in [6, 6.07) is 19.5. The lowest BCUT2D eigenvalue weighted by molar-refractivity contribution is -0.0594. The number of aromatic nitrogens is 2. The van der Waals surface area contributed by atoms with Crippen molar-refractivity contribution >= 4 is 0 Å². The molecule has 0 bridgehead atoms. The Hall–Kier alpha value is -3.62. The van der Waals surface area contributed by atoms with Crippen molar-refractivity contribution in [3.05, 3.63) is 116 Å². The van der Waals surface area contributed by atoms with Crippen molar-refractivity contribution in [1.82, 2.24) is 9.55 Å². The number of nitrogens with zero attached hydrogens (tertiary/aromatic N) is 1. The van der Waals surface area contributed by atoms with E-state index in [9.17, 15) is 9.59 Å². The fourth-order valence-electron chi connectivity index (χ4n) is 3.71. The molecular weight excluding hydrogens is 436 g/mol. The SMILES string of the molecule is CCO[C@H]1C(OCc2ccccc2)=C(COCc2ccccc2)OC1n1cc(C)c(=O)[nH]c1=O. The second-order valence-electron chi connectivity index (χ2n) is 7.90. The molecule has 0 radical (unpaired) electrons. The third kappa shape index (κ3) is 5.47. The maximum Gasteiger partial charge on any atom is 0.331 e. The van der Waals surface area contributed by atoms with Crippen LogP contribution in [0.4, 0.5) is 0 Å². The van der Waals surface area contributed by atoms with Crippen molar-refractivity contribution in [2.75, 3.05) is 13.2 Å². The summed E-state index contributed by atoms with van der Waals surface area (Å²) in [4.78, 5) is 26.8. The Bertz CT molecular complexity index is 1230. The first-order chi connectivity index (χ1) is 16.6. The average Bonchev–Trinajstić information content (AvgIpc) is 3.18. The normalized spacial score (nSPS) is 17.6. The molecule has 1 unspecified atom stereocenters. The molecule has 8 heteroatoms. The summed E-state index contributed by atoms with van der Waals surface area (Å²) in [5.74, 6) is 0.922. The van der Waals surface area contributed by atoms with E-state index in [1.807, 2.05) is 67.6 Å². The summed E-state index contributed by atoms with van der Waals surface area (Å²) in [6.07, 6.45) is -0.0587. The van der Waals surface area contributed by atoms with Crippen LogP contribution in [-0.2, 0) is 32.2 Å².